The number of ether oxygens (including phenoxy) is 2. The van der Waals surface area contributed by atoms with E-state index in [0.29, 0.717) is 11.5 Å². The standard InChI is InChI=1S/C24H32O5/c1-5-14(2)19(25)28-18-15(3)16-7-12-24-22(18,13-16)11-8-17-21(4,20(26)27)9-6-10-23(17,24)29-24/h5,16-18H,3,6-13H2,1-2,4H3,(H,26,27)/b14-5+/t16-,17-,18+,21-,22+,23+,24-/m1/s1. The van der Waals surface area contributed by atoms with E-state index in [9.17, 15) is 14.7 Å². The maximum Gasteiger partial charge on any atom is 0.333 e. The lowest BCUT2D eigenvalue weighted by Gasteiger charge is -2.53. The molecule has 0 unspecified atom stereocenters. The van der Waals surface area contributed by atoms with Crippen molar-refractivity contribution in [3.63, 3.8) is 0 Å². The number of carboxylic acid groups (broad SMARTS) is 1. The maximum absolute atomic E-state index is 12.7. The van der Waals surface area contributed by atoms with Gasteiger partial charge in [-0.15, -0.1) is 0 Å². The molecule has 0 aromatic heterocycles. The first-order valence-corrected chi connectivity index (χ1v) is 11.1. The molecule has 0 amide bonds. The molecule has 5 aliphatic rings. The van der Waals surface area contributed by atoms with Crippen LogP contribution in [0.5, 0.6) is 0 Å². The van der Waals surface area contributed by atoms with Crippen molar-refractivity contribution in [2.75, 3.05) is 0 Å². The maximum atomic E-state index is 12.7. The summed E-state index contributed by atoms with van der Waals surface area (Å²) in [5, 5.41) is 10.0. The van der Waals surface area contributed by atoms with Gasteiger partial charge in [0.25, 0.3) is 0 Å². The highest BCUT2D eigenvalue weighted by molar-refractivity contribution is 5.88. The molecule has 1 N–H and O–H groups in total. The van der Waals surface area contributed by atoms with Gasteiger partial charge in [0.2, 0.25) is 0 Å². The van der Waals surface area contributed by atoms with Gasteiger partial charge >= 0.3 is 11.9 Å². The molecule has 4 aliphatic carbocycles. The number of hydrogen-bond acceptors (Lipinski definition) is 4. The van der Waals surface area contributed by atoms with E-state index in [1.54, 1.807) is 13.0 Å². The molecule has 0 radical (unpaired) electrons. The van der Waals surface area contributed by atoms with Gasteiger partial charge in [0, 0.05) is 16.9 Å². The quantitative estimate of drug-likeness (QED) is 0.329. The number of allylic oxidation sites excluding steroid dienone is 1. The summed E-state index contributed by atoms with van der Waals surface area (Å²) in [7, 11) is 0. The first kappa shape index (κ1) is 19.3. The molecular weight excluding hydrogens is 368 g/mol. The van der Waals surface area contributed by atoms with Crippen LogP contribution in [0.3, 0.4) is 0 Å². The molecule has 5 rings (SSSR count). The molecule has 5 nitrogen and oxygen atoms in total. The van der Waals surface area contributed by atoms with Gasteiger partial charge in [-0.05, 0) is 83.6 Å². The van der Waals surface area contributed by atoms with Crippen molar-refractivity contribution in [2.45, 2.75) is 89.4 Å². The summed E-state index contributed by atoms with van der Waals surface area (Å²) in [5.74, 6) is -0.562. The van der Waals surface area contributed by atoms with E-state index in [0.717, 1.165) is 56.9 Å². The molecule has 29 heavy (non-hydrogen) atoms. The minimum absolute atomic E-state index is 0.0333. The van der Waals surface area contributed by atoms with Crippen LogP contribution in [-0.4, -0.2) is 34.4 Å². The number of fused-ring (bicyclic) bond motifs is 1. The average molecular weight is 401 g/mol. The minimum Gasteiger partial charge on any atom is -0.481 e. The molecule has 2 bridgehead atoms. The van der Waals surface area contributed by atoms with Crippen LogP contribution in [0, 0.1) is 22.7 Å². The van der Waals surface area contributed by atoms with Crippen LogP contribution in [0.4, 0.5) is 0 Å². The van der Waals surface area contributed by atoms with Crippen molar-refractivity contribution in [3.05, 3.63) is 23.8 Å². The van der Waals surface area contributed by atoms with Gasteiger partial charge in [-0.1, -0.05) is 12.7 Å². The number of rotatable bonds is 3. The van der Waals surface area contributed by atoms with Gasteiger partial charge in [0.05, 0.1) is 5.41 Å². The topological polar surface area (TPSA) is 76.1 Å². The molecule has 1 aliphatic heterocycles. The highest BCUT2D eigenvalue weighted by Gasteiger charge is 2.88. The van der Waals surface area contributed by atoms with Crippen molar-refractivity contribution in [2.24, 2.45) is 22.7 Å². The Morgan fingerprint density at radius 1 is 1.24 bits per heavy atom. The normalized spacial score (nSPS) is 50.2. The number of carboxylic acids is 1. The summed E-state index contributed by atoms with van der Waals surface area (Å²) >= 11 is 0. The molecule has 0 aromatic carbocycles. The van der Waals surface area contributed by atoms with Gasteiger partial charge in [-0.25, -0.2) is 4.79 Å². The molecule has 1 saturated heterocycles. The first-order valence-electron chi connectivity index (χ1n) is 11.1. The SMILES string of the molecule is C=C1[C@@H]2CC[C@]34O[C@]35CCC[C@@](C)(C(=O)O)[C@H]5CC[C@]4(C2)[C@H]1OC(=O)/C(C)=C/C. The third-order valence-corrected chi connectivity index (χ3v) is 9.54. The Labute approximate surface area is 172 Å². The van der Waals surface area contributed by atoms with Crippen molar-refractivity contribution < 1.29 is 24.2 Å². The average Bonchev–Trinajstić information content (AvgIpc) is 3.30. The third-order valence-electron chi connectivity index (χ3n) is 9.54. The van der Waals surface area contributed by atoms with E-state index in [4.69, 9.17) is 9.47 Å². The van der Waals surface area contributed by atoms with Crippen LogP contribution >= 0.6 is 0 Å². The van der Waals surface area contributed by atoms with Crippen LogP contribution in [0.25, 0.3) is 0 Å². The molecule has 4 saturated carbocycles. The fraction of sp³-hybridized carbons (Fsp3) is 0.750. The molecule has 1 heterocycles. The van der Waals surface area contributed by atoms with Crippen molar-refractivity contribution in [1.29, 1.82) is 0 Å². The van der Waals surface area contributed by atoms with E-state index in [-0.39, 0.29) is 34.6 Å². The van der Waals surface area contributed by atoms with Gasteiger partial charge in [-0.3, -0.25) is 4.79 Å². The Morgan fingerprint density at radius 3 is 2.69 bits per heavy atom. The zero-order chi connectivity index (χ0) is 20.8. The molecule has 3 spiro atoms. The summed E-state index contributed by atoms with van der Waals surface area (Å²) in [6, 6.07) is 0. The summed E-state index contributed by atoms with van der Waals surface area (Å²) < 4.78 is 12.9. The number of carbonyl (C=O) groups excluding carboxylic acids is 1. The minimum atomic E-state index is -0.733. The van der Waals surface area contributed by atoms with Gasteiger partial charge in [0.15, 0.2) is 0 Å². The Kier molecular flexibility index (Phi) is 3.83. The lowest BCUT2D eigenvalue weighted by atomic mass is 9.46. The number of esters is 1. The highest BCUT2D eigenvalue weighted by atomic mass is 16.6. The van der Waals surface area contributed by atoms with Crippen molar-refractivity contribution >= 4 is 11.9 Å². The molecule has 5 heteroatoms. The fourth-order valence-electron chi connectivity index (χ4n) is 7.95. The molecule has 0 aromatic rings. The van der Waals surface area contributed by atoms with E-state index in [2.05, 4.69) is 6.58 Å². The lowest BCUT2D eigenvalue weighted by Crippen LogP contribution is -2.61. The second-order valence-corrected chi connectivity index (χ2v) is 10.4. The van der Waals surface area contributed by atoms with Crippen LogP contribution < -0.4 is 0 Å². The predicted octanol–water partition coefficient (Wildman–Crippen LogP) is 4.41. The van der Waals surface area contributed by atoms with Gasteiger partial charge < -0.3 is 14.6 Å². The molecule has 5 fully saturated rings. The van der Waals surface area contributed by atoms with Crippen molar-refractivity contribution in [3.8, 4) is 0 Å². The predicted molar refractivity (Wildman–Crippen MR) is 107 cm³/mol. The van der Waals surface area contributed by atoms with Crippen LogP contribution in [0.1, 0.15) is 72.1 Å². The lowest BCUT2D eigenvalue weighted by molar-refractivity contribution is -0.161. The highest BCUT2D eigenvalue weighted by Crippen LogP contribution is 2.81. The second-order valence-electron chi connectivity index (χ2n) is 10.4. The van der Waals surface area contributed by atoms with Crippen LogP contribution in [0.2, 0.25) is 0 Å². The zero-order valence-electron chi connectivity index (χ0n) is 17.8. The number of carbonyl (C=O) groups is 2. The first-order chi connectivity index (χ1) is 13.7. The Morgan fingerprint density at radius 2 is 2.00 bits per heavy atom. The third kappa shape index (κ3) is 2.05. The van der Waals surface area contributed by atoms with Crippen LogP contribution in [-0.2, 0) is 19.1 Å². The Balaban J connectivity index is 1.55. The smallest absolute Gasteiger partial charge is 0.333 e. The summed E-state index contributed by atoms with van der Waals surface area (Å²) in [4.78, 5) is 24.9. The van der Waals surface area contributed by atoms with E-state index in [1.165, 1.54) is 0 Å². The van der Waals surface area contributed by atoms with E-state index < -0.39 is 11.4 Å². The summed E-state index contributed by atoms with van der Waals surface area (Å²) in [6.45, 7) is 9.91. The summed E-state index contributed by atoms with van der Waals surface area (Å²) in [6.07, 6.45) is 8.53. The van der Waals surface area contributed by atoms with Gasteiger partial charge in [0.1, 0.15) is 17.3 Å². The van der Waals surface area contributed by atoms with Gasteiger partial charge in [-0.2, -0.15) is 0 Å². The molecular formula is C24H32O5. The second kappa shape index (κ2) is 5.75. The summed E-state index contributed by atoms with van der Waals surface area (Å²) in [5.41, 5.74) is -0.0499. The largest absolute Gasteiger partial charge is 0.481 e. The van der Waals surface area contributed by atoms with Crippen molar-refractivity contribution in [1.82, 2.24) is 0 Å². The fourth-order valence-corrected chi connectivity index (χ4v) is 7.95. The number of hydrogen-bond donors (Lipinski definition) is 1. The molecule has 158 valence electrons. The number of epoxide rings is 1. The van der Waals surface area contributed by atoms with Crippen LogP contribution in [0.15, 0.2) is 23.8 Å². The Hall–Kier alpha value is -1.62. The Bertz CT molecular complexity index is 844. The number of aliphatic carboxylic acids is 1. The monoisotopic (exact) mass is 400 g/mol. The zero-order valence-corrected chi connectivity index (χ0v) is 17.8. The van der Waals surface area contributed by atoms with E-state index in [1.807, 2.05) is 13.8 Å². The van der Waals surface area contributed by atoms with E-state index >= 15 is 0 Å². The molecule has 7 atom stereocenters.